The van der Waals surface area contributed by atoms with Crippen LogP contribution in [0.5, 0.6) is 0 Å². The molecule has 1 N–H and O–H groups in total. The van der Waals surface area contributed by atoms with Crippen molar-refractivity contribution >= 4 is 5.97 Å². The van der Waals surface area contributed by atoms with Gasteiger partial charge in [0.15, 0.2) is 0 Å². The van der Waals surface area contributed by atoms with Crippen molar-refractivity contribution in [3.05, 3.63) is 23.1 Å². The number of aryl methyl sites for hydroxylation is 2. The number of hydrogen-bond acceptors (Lipinski definition) is 3. The molecule has 0 aromatic carbocycles. The number of hydrogen-bond donors (Lipinski definition) is 1. The minimum atomic E-state index is -0.933. The van der Waals surface area contributed by atoms with Gasteiger partial charge in [0.1, 0.15) is 11.3 Å². The second kappa shape index (κ2) is 5.02. The molecular formula is C15H20N4O2. The standard InChI is InChI=1S/C15H20N4O2/c1-9-13(10(2)18(3)16-9)14-12(15(20)21)8-19(17-14)11-6-4-5-7-11/h8,11H,4-7H2,1-3H3,(H,20,21). The molecule has 0 unspecified atom stereocenters. The van der Waals surface area contributed by atoms with E-state index >= 15 is 0 Å². The van der Waals surface area contributed by atoms with Crippen LogP contribution in [-0.2, 0) is 7.05 Å². The first-order valence-corrected chi connectivity index (χ1v) is 7.32. The molecule has 2 heterocycles. The van der Waals surface area contributed by atoms with Crippen LogP contribution in [0, 0.1) is 13.8 Å². The van der Waals surface area contributed by atoms with Crippen molar-refractivity contribution in [2.24, 2.45) is 7.05 Å². The summed E-state index contributed by atoms with van der Waals surface area (Å²) in [5.41, 5.74) is 3.39. The number of carboxylic acids is 1. The summed E-state index contributed by atoms with van der Waals surface area (Å²) >= 11 is 0. The molecule has 1 aliphatic rings. The third-order valence-corrected chi connectivity index (χ3v) is 4.41. The molecule has 1 fully saturated rings. The summed E-state index contributed by atoms with van der Waals surface area (Å²) in [5, 5.41) is 18.5. The molecule has 0 radical (unpaired) electrons. The third-order valence-electron chi connectivity index (χ3n) is 4.41. The SMILES string of the molecule is Cc1nn(C)c(C)c1-c1nn(C2CCCC2)cc1C(=O)O. The molecule has 3 rings (SSSR count). The number of aromatic nitrogens is 4. The Balaban J connectivity index is 2.14. The molecule has 2 aromatic rings. The van der Waals surface area contributed by atoms with Gasteiger partial charge < -0.3 is 5.11 Å². The molecular weight excluding hydrogens is 268 g/mol. The zero-order valence-electron chi connectivity index (χ0n) is 12.6. The van der Waals surface area contributed by atoms with Gasteiger partial charge in [-0.2, -0.15) is 10.2 Å². The summed E-state index contributed by atoms with van der Waals surface area (Å²) in [6, 6.07) is 0.328. The normalized spacial score (nSPS) is 15.8. The zero-order valence-corrected chi connectivity index (χ0v) is 12.6. The molecule has 0 saturated heterocycles. The van der Waals surface area contributed by atoms with E-state index in [0.717, 1.165) is 29.8 Å². The number of carbonyl (C=O) groups is 1. The lowest BCUT2D eigenvalue weighted by Gasteiger charge is -2.08. The fourth-order valence-corrected chi connectivity index (χ4v) is 3.20. The first kappa shape index (κ1) is 13.9. The van der Waals surface area contributed by atoms with Gasteiger partial charge in [-0.15, -0.1) is 0 Å². The van der Waals surface area contributed by atoms with E-state index in [-0.39, 0.29) is 5.56 Å². The van der Waals surface area contributed by atoms with Gasteiger partial charge in [-0.05, 0) is 26.7 Å². The second-order valence-corrected chi connectivity index (χ2v) is 5.78. The fourth-order valence-electron chi connectivity index (χ4n) is 3.20. The Hall–Kier alpha value is -2.11. The first-order valence-electron chi connectivity index (χ1n) is 7.32. The predicted octanol–water partition coefficient (Wildman–Crippen LogP) is 2.71. The molecule has 0 spiro atoms. The maximum Gasteiger partial charge on any atom is 0.339 e. The third kappa shape index (κ3) is 2.24. The maximum absolute atomic E-state index is 11.6. The van der Waals surface area contributed by atoms with Crippen molar-refractivity contribution in [1.82, 2.24) is 19.6 Å². The number of carboxylic acid groups (broad SMARTS) is 1. The van der Waals surface area contributed by atoms with E-state index in [4.69, 9.17) is 0 Å². The van der Waals surface area contributed by atoms with Crippen LogP contribution in [-0.4, -0.2) is 30.6 Å². The largest absolute Gasteiger partial charge is 0.478 e. The molecule has 6 nitrogen and oxygen atoms in total. The lowest BCUT2D eigenvalue weighted by Crippen LogP contribution is -2.05. The Morgan fingerprint density at radius 3 is 2.48 bits per heavy atom. The van der Waals surface area contributed by atoms with Gasteiger partial charge in [0, 0.05) is 24.5 Å². The maximum atomic E-state index is 11.6. The summed E-state index contributed by atoms with van der Waals surface area (Å²) < 4.78 is 3.61. The van der Waals surface area contributed by atoms with Crippen molar-refractivity contribution in [3.63, 3.8) is 0 Å². The van der Waals surface area contributed by atoms with E-state index in [1.807, 2.05) is 25.6 Å². The van der Waals surface area contributed by atoms with Crippen LogP contribution in [0.15, 0.2) is 6.20 Å². The Labute approximate surface area is 123 Å². The minimum absolute atomic E-state index is 0.265. The van der Waals surface area contributed by atoms with Crippen molar-refractivity contribution in [2.75, 3.05) is 0 Å². The molecule has 0 atom stereocenters. The van der Waals surface area contributed by atoms with Crippen molar-refractivity contribution in [1.29, 1.82) is 0 Å². The molecule has 0 aliphatic heterocycles. The molecule has 0 bridgehead atoms. The molecule has 6 heteroatoms. The van der Waals surface area contributed by atoms with Crippen LogP contribution in [0.4, 0.5) is 0 Å². The lowest BCUT2D eigenvalue weighted by molar-refractivity contribution is 0.0697. The highest BCUT2D eigenvalue weighted by atomic mass is 16.4. The smallest absolute Gasteiger partial charge is 0.339 e. The second-order valence-electron chi connectivity index (χ2n) is 5.78. The van der Waals surface area contributed by atoms with Crippen LogP contribution in [0.2, 0.25) is 0 Å². The highest BCUT2D eigenvalue weighted by Gasteiger charge is 2.26. The monoisotopic (exact) mass is 288 g/mol. The van der Waals surface area contributed by atoms with Crippen molar-refractivity contribution in [3.8, 4) is 11.3 Å². The Morgan fingerprint density at radius 2 is 1.95 bits per heavy atom. The minimum Gasteiger partial charge on any atom is -0.478 e. The molecule has 21 heavy (non-hydrogen) atoms. The van der Waals surface area contributed by atoms with E-state index < -0.39 is 5.97 Å². The Kier molecular flexibility index (Phi) is 3.31. The summed E-state index contributed by atoms with van der Waals surface area (Å²) in [6.45, 7) is 3.83. The van der Waals surface area contributed by atoms with Gasteiger partial charge in [-0.1, -0.05) is 12.8 Å². The topological polar surface area (TPSA) is 72.9 Å². The zero-order chi connectivity index (χ0) is 15.1. The van der Waals surface area contributed by atoms with Gasteiger partial charge in [0.05, 0.1) is 11.7 Å². The summed E-state index contributed by atoms with van der Waals surface area (Å²) in [4.78, 5) is 11.6. The number of aromatic carboxylic acids is 1. The molecule has 112 valence electrons. The van der Waals surface area contributed by atoms with E-state index in [0.29, 0.717) is 11.7 Å². The molecule has 2 aromatic heterocycles. The number of nitrogens with zero attached hydrogens (tertiary/aromatic N) is 4. The first-order chi connectivity index (χ1) is 9.99. The van der Waals surface area contributed by atoms with E-state index in [1.165, 1.54) is 12.8 Å². The van der Waals surface area contributed by atoms with Crippen LogP contribution >= 0.6 is 0 Å². The highest BCUT2D eigenvalue weighted by molar-refractivity contribution is 5.95. The van der Waals surface area contributed by atoms with Gasteiger partial charge in [0.25, 0.3) is 0 Å². The highest BCUT2D eigenvalue weighted by Crippen LogP contribution is 2.33. The average molecular weight is 288 g/mol. The Morgan fingerprint density at radius 1 is 1.29 bits per heavy atom. The van der Waals surface area contributed by atoms with E-state index in [1.54, 1.807) is 10.9 Å². The van der Waals surface area contributed by atoms with Gasteiger partial charge >= 0.3 is 5.97 Å². The van der Waals surface area contributed by atoms with Gasteiger partial charge in [0.2, 0.25) is 0 Å². The van der Waals surface area contributed by atoms with E-state index in [2.05, 4.69) is 10.2 Å². The summed E-state index contributed by atoms with van der Waals surface area (Å²) in [5.74, 6) is -0.933. The number of rotatable bonds is 3. The molecule has 1 aliphatic carbocycles. The quantitative estimate of drug-likeness (QED) is 0.942. The lowest BCUT2D eigenvalue weighted by atomic mass is 10.1. The average Bonchev–Trinajstić information content (AvgIpc) is 3.10. The fraction of sp³-hybridized carbons (Fsp3) is 0.533. The van der Waals surface area contributed by atoms with Crippen molar-refractivity contribution < 1.29 is 9.90 Å². The van der Waals surface area contributed by atoms with Crippen LogP contribution in [0.3, 0.4) is 0 Å². The van der Waals surface area contributed by atoms with Crippen molar-refractivity contribution in [2.45, 2.75) is 45.6 Å². The summed E-state index contributed by atoms with van der Waals surface area (Å²) in [7, 11) is 1.86. The molecule has 1 saturated carbocycles. The van der Waals surface area contributed by atoms with E-state index in [9.17, 15) is 9.90 Å². The van der Waals surface area contributed by atoms with Crippen LogP contribution in [0.25, 0.3) is 11.3 Å². The van der Waals surface area contributed by atoms with Crippen LogP contribution < -0.4 is 0 Å². The Bertz CT molecular complexity index is 693. The van der Waals surface area contributed by atoms with Crippen LogP contribution in [0.1, 0.15) is 53.5 Å². The summed E-state index contributed by atoms with van der Waals surface area (Å²) in [6.07, 6.45) is 6.20. The predicted molar refractivity (Wildman–Crippen MR) is 78.4 cm³/mol. The van der Waals surface area contributed by atoms with Gasteiger partial charge in [-0.3, -0.25) is 9.36 Å². The molecule has 0 amide bonds. The van der Waals surface area contributed by atoms with Gasteiger partial charge in [-0.25, -0.2) is 4.79 Å².